The standard InChI is InChI=1S/C24H36N/c1-17(2)24(7,8)15-19-11-10-18(3)21(14-19)22-13-12-20(16-25(22)9)23(4,5)6/h10-14,16-17H,15H2,1-9H3/q+1. The average molecular weight is 339 g/mol. The highest BCUT2D eigenvalue weighted by Crippen LogP contribution is 2.32. The Morgan fingerprint density at radius 3 is 2.12 bits per heavy atom. The largest absolute Gasteiger partial charge is 0.212 e. The molecule has 25 heavy (non-hydrogen) atoms. The molecule has 0 aliphatic carbocycles. The molecule has 2 rings (SSSR count). The molecule has 0 unspecified atom stereocenters. The van der Waals surface area contributed by atoms with E-state index in [-0.39, 0.29) is 5.41 Å². The van der Waals surface area contributed by atoms with Crippen LogP contribution in [0.5, 0.6) is 0 Å². The van der Waals surface area contributed by atoms with Crippen LogP contribution in [0.3, 0.4) is 0 Å². The molecule has 136 valence electrons. The summed E-state index contributed by atoms with van der Waals surface area (Å²) < 4.78 is 2.28. The molecule has 1 heteroatoms. The SMILES string of the molecule is Cc1ccc(CC(C)(C)C(C)C)cc1-c1ccc(C(C)(C)C)c[n+]1C. The van der Waals surface area contributed by atoms with Crippen molar-refractivity contribution >= 4 is 0 Å². The molecule has 0 aliphatic heterocycles. The quantitative estimate of drug-likeness (QED) is 0.601. The first kappa shape index (κ1) is 19.7. The molecular weight excluding hydrogens is 302 g/mol. The molecule has 0 saturated carbocycles. The Morgan fingerprint density at radius 1 is 0.960 bits per heavy atom. The highest BCUT2D eigenvalue weighted by atomic mass is 14.9. The fraction of sp³-hybridized carbons (Fsp3) is 0.542. The number of hydrogen-bond donors (Lipinski definition) is 0. The Kier molecular flexibility index (Phi) is 5.47. The summed E-state index contributed by atoms with van der Waals surface area (Å²) in [7, 11) is 2.16. The van der Waals surface area contributed by atoms with Gasteiger partial charge >= 0.3 is 0 Å². The van der Waals surface area contributed by atoms with Gasteiger partial charge in [-0.05, 0) is 53.4 Å². The molecule has 1 aromatic carbocycles. The van der Waals surface area contributed by atoms with E-state index < -0.39 is 0 Å². The molecule has 1 heterocycles. The van der Waals surface area contributed by atoms with Crippen LogP contribution in [0.15, 0.2) is 36.5 Å². The first-order valence-electron chi connectivity index (χ1n) is 9.52. The monoisotopic (exact) mass is 338 g/mol. The van der Waals surface area contributed by atoms with Crippen LogP contribution in [0.4, 0.5) is 0 Å². The van der Waals surface area contributed by atoms with E-state index in [1.165, 1.54) is 27.9 Å². The Hall–Kier alpha value is -1.63. The van der Waals surface area contributed by atoms with Gasteiger partial charge in [0.05, 0.1) is 0 Å². The van der Waals surface area contributed by atoms with Crippen molar-refractivity contribution in [3.63, 3.8) is 0 Å². The number of pyridine rings is 1. The smallest absolute Gasteiger partial charge is 0.201 e. The first-order valence-corrected chi connectivity index (χ1v) is 9.52. The van der Waals surface area contributed by atoms with Crippen LogP contribution < -0.4 is 4.57 Å². The molecule has 0 atom stereocenters. The molecule has 1 aromatic heterocycles. The fourth-order valence-corrected chi connectivity index (χ4v) is 3.12. The fourth-order valence-electron chi connectivity index (χ4n) is 3.12. The zero-order chi connectivity index (χ0) is 19.0. The number of nitrogens with zero attached hydrogens (tertiary/aromatic N) is 1. The van der Waals surface area contributed by atoms with Gasteiger partial charge in [-0.15, -0.1) is 0 Å². The van der Waals surface area contributed by atoms with Crippen molar-refractivity contribution in [2.24, 2.45) is 18.4 Å². The van der Waals surface area contributed by atoms with Crippen LogP contribution >= 0.6 is 0 Å². The molecular formula is C24H36N+. The summed E-state index contributed by atoms with van der Waals surface area (Å²) in [5.41, 5.74) is 7.26. The van der Waals surface area contributed by atoms with E-state index in [4.69, 9.17) is 0 Å². The van der Waals surface area contributed by atoms with Crippen molar-refractivity contribution in [3.8, 4) is 11.3 Å². The zero-order valence-electron chi connectivity index (χ0n) is 17.7. The number of benzene rings is 1. The minimum atomic E-state index is 0.175. The summed E-state index contributed by atoms with van der Waals surface area (Å²) in [5, 5.41) is 0. The highest BCUT2D eigenvalue weighted by molar-refractivity contribution is 5.62. The van der Waals surface area contributed by atoms with Gasteiger partial charge in [0.1, 0.15) is 7.05 Å². The number of aromatic nitrogens is 1. The number of hydrogen-bond acceptors (Lipinski definition) is 0. The van der Waals surface area contributed by atoms with Crippen LogP contribution in [-0.2, 0) is 18.9 Å². The van der Waals surface area contributed by atoms with Crippen molar-refractivity contribution in [1.29, 1.82) is 0 Å². The van der Waals surface area contributed by atoms with E-state index in [1.54, 1.807) is 0 Å². The molecule has 0 bridgehead atoms. The third kappa shape index (κ3) is 4.51. The molecule has 0 saturated heterocycles. The summed E-state index contributed by atoms with van der Waals surface area (Å²) in [6.45, 7) is 18.4. The van der Waals surface area contributed by atoms with E-state index in [2.05, 4.69) is 104 Å². The maximum absolute atomic E-state index is 2.39. The third-order valence-electron chi connectivity index (χ3n) is 5.80. The maximum Gasteiger partial charge on any atom is 0.212 e. The molecule has 2 aromatic rings. The Bertz CT molecular complexity index is 745. The van der Waals surface area contributed by atoms with Crippen molar-refractivity contribution in [2.75, 3.05) is 0 Å². The molecule has 0 amide bonds. The Labute approximate surface area is 155 Å². The van der Waals surface area contributed by atoms with E-state index >= 15 is 0 Å². The molecule has 0 fully saturated rings. The third-order valence-corrected chi connectivity index (χ3v) is 5.80. The summed E-state index contributed by atoms with van der Waals surface area (Å²) in [5.74, 6) is 0.666. The van der Waals surface area contributed by atoms with Crippen LogP contribution in [0, 0.1) is 18.3 Å². The molecule has 0 radical (unpaired) electrons. The van der Waals surface area contributed by atoms with E-state index in [9.17, 15) is 0 Å². The average Bonchev–Trinajstić information content (AvgIpc) is 2.48. The van der Waals surface area contributed by atoms with Gasteiger partial charge in [0.2, 0.25) is 5.69 Å². The van der Waals surface area contributed by atoms with Gasteiger partial charge in [0, 0.05) is 17.2 Å². The lowest BCUT2D eigenvalue weighted by atomic mass is 9.76. The lowest BCUT2D eigenvalue weighted by Crippen LogP contribution is -2.33. The second kappa shape index (κ2) is 6.94. The molecule has 1 nitrogen and oxygen atoms in total. The highest BCUT2D eigenvalue weighted by Gasteiger charge is 2.24. The summed E-state index contributed by atoms with van der Waals surface area (Å²) in [4.78, 5) is 0. The van der Waals surface area contributed by atoms with Gasteiger partial charge in [0.25, 0.3) is 0 Å². The number of rotatable bonds is 4. The van der Waals surface area contributed by atoms with E-state index in [1.807, 2.05) is 0 Å². The normalized spacial score (nSPS) is 12.7. The van der Waals surface area contributed by atoms with Gasteiger partial charge in [-0.1, -0.05) is 60.6 Å². The van der Waals surface area contributed by atoms with Crippen molar-refractivity contribution < 1.29 is 4.57 Å². The minimum absolute atomic E-state index is 0.175. The Morgan fingerprint density at radius 2 is 1.60 bits per heavy atom. The second-order valence-electron chi connectivity index (χ2n) is 9.63. The van der Waals surface area contributed by atoms with Crippen LogP contribution in [0.2, 0.25) is 0 Å². The van der Waals surface area contributed by atoms with Crippen LogP contribution in [-0.4, -0.2) is 0 Å². The summed E-state index contributed by atoms with van der Waals surface area (Å²) in [6, 6.07) is 11.5. The van der Waals surface area contributed by atoms with Gasteiger partial charge in [-0.2, -0.15) is 0 Å². The lowest BCUT2D eigenvalue weighted by Gasteiger charge is -2.29. The zero-order valence-corrected chi connectivity index (χ0v) is 17.7. The summed E-state index contributed by atoms with van der Waals surface area (Å²) >= 11 is 0. The van der Waals surface area contributed by atoms with Crippen molar-refractivity contribution in [1.82, 2.24) is 0 Å². The first-order chi connectivity index (χ1) is 11.4. The summed E-state index contributed by atoms with van der Waals surface area (Å²) in [6.07, 6.45) is 3.39. The van der Waals surface area contributed by atoms with Crippen LogP contribution in [0.25, 0.3) is 11.3 Å². The second-order valence-corrected chi connectivity index (χ2v) is 9.63. The molecule has 0 aliphatic rings. The maximum atomic E-state index is 2.39. The molecule has 0 N–H and O–H groups in total. The van der Waals surface area contributed by atoms with Gasteiger partial charge in [-0.25, -0.2) is 4.57 Å². The van der Waals surface area contributed by atoms with Gasteiger partial charge < -0.3 is 0 Å². The number of aryl methyl sites for hydroxylation is 2. The van der Waals surface area contributed by atoms with Gasteiger partial charge in [0.15, 0.2) is 6.20 Å². The molecule has 0 spiro atoms. The predicted octanol–water partition coefficient (Wildman–Crippen LogP) is 6.01. The topological polar surface area (TPSA) is 3.88 Å². The van der Waals surface area contributed by atoms with Crippen molar-refractivity contribution in [3.05, 3.63) is 53.2 Å². The lowest BCUT2D eigenvalue weighted by molar-refractivity contribution is -0.661. The van der Waals surface area contributed by atoms with E-state index in [0.717, 1.165) is 6.42 Å². The van der Waals surface area contributed by atoms with E-state index in [0.29, 0.717) is 11.3 Å². The van der Waals surface area contributed by atoms with Gasteiger partial charge in [-0.3, -0.25) is 0 Å². The van der Waals surface area contributed by atoms with Crippen LogP contribution in [0.1, 0.15) is 65.2 Å². The predicted molar refractivity (Wildman–Crippen MR) is 109 cm³/mol. The minimum Gasteiger partial charge on any atom is -0.201 e. The Balaban J connectivity index is 2.45. The van der Waals surface area contributed by atoms with Crippen molar-refractivity contribution in [2.45, 2.75) is 67.2 Å².